The first-order valence-electron chi connectivity index (χ1n) is 24.1. The Hall–Kier alpha value is -7.42. The maximum absolute atomic E-state index is 12.8. The van der Waals surface area contributed by atoms with Gasteiger partial charge in [-0.05, 0) is 129 Å². The molecule has 0 aliphatic carbocycles. The SMILES string of the molecule is COC(=O)[C@@H]1CNC[C@@H]1Cc1cccc(OCCc2nc(-c3ccccc3)oc2C)c1.COC(=O)[C@H]1CN(C(=O)Oc2ccc(Cl)cc2)C[C@H]1Cc1cccc(OCCc2nc(-c3ccccc3)oc2C)c1. The van der Waals surface area contributed by atoms with Crippen molar-refractivity contribution in [3.63, 3.8) is 0 Å². The van der Waals surface area contributed by atoms with Crippen LogP contribution in [-0.2, 0) is 44.7 Å². The lowest BCUT2D eigenvalue weighted by Gasteiger charge is -2.17. The van der Waals surface area contributed by atoms with Crippen molar-refractivity contribution >= 4 is 29.6 Å². The van der Waals surface area contributed by atoms with Gasteiger partial charge >= 0.3 is 18.0 Å². The number of aromatic nitrogens is 2. The molecule has 5 aromatic carbocycles. The summed E-state index contributed by atoms with van der Waals surface area (Å²) in [7, 11) is 2.81. The van der Waals surface area contributed by atoms with Gasteiger partial charge in [-0.15, -0.1) is 0 Å². The maximum Gasteiger partial charge on any atom is 0.415 e. The number of hydrogen-bond donors (Lipinski definition) is 1. The molecule has 0 saturated carbocycles. The highest BCUT2D eigenvalue weighted by Gasteiger charge is 2.41. The van der Waals surface area contributed by atoms with Gasteiger partial charge in [0.05, 0.1) is 50.7 Å². The summed E-state index contributed by atoms with van der Waals surface area (Å²) in [6.45, 7) is 6.88. The topological polar surface area (TPSA) is 165 Å². The third kappa shape index (κ3) is 13.5. The molecule has 1 amide bonds. The van der Waals surface area contributed by atoms with Crippen LogP contribution in [0.2, 0.25) is 5.02 Å². The number of esters is 2. The third-order valence-corrected chi connectivity index (χ3v) is 13.2. The van der Waals surface area contributed by atoms with Gasteiger partial charge in [-0.2, -0.15) is 0 Å². The second-order valence-electron chi connectivity index (χ2n) is 17.8. The maximum atomic E-state index is 12.8. The van der Waals surface area contributed by atoms with Crippen LogP contribution in [0.4, 0.5) is 4.79 Å². The van der Waals surface area contributed by atoms with Crippen LogP contribution in [0.5, 0.6) is 17.2 Å². The van der Waals surface area contributed by atoms with E-state index >= 15 is 0 Å². The van der Waals surface area contributed by atoms with Crippen LogP contribution in [0, 0.1) is 37.5 Å². The number of hydrogen-bond acceptors (Lipinski definition) is 13. The number of nitrogens with one attached hydrogen (secondary N) is 1. The summed E-state index contributed by atoms with van der Waals surface area (Å²) in [4.78, 5) is 48.2. The van der Waals surface area contributed by atoms with E-state index in [1.807, 2.05) is 111 Å². The van der Waals surface area contributed by atoms with Crippen molar-refractivity contribution in [3.05, 3.63) is 173 Å². The zero-order valence-electron chi connectivity index (χ0n) is 40.9. The Bertz CT molecular complexity index is 2890. The number of amides is 1. The van der Waals surface area contributed by atoms with Crippen molar-refractivity contribution in [2.45, 2.75) is 39.5 Å². The van der Waals surface area contributed by atoms with Crippen molar-refractivity contribution < 1.29 is 46.9 Å². The Morgan fingerprint density at radius 2 is 1.12 bits per heavy atom. The highest BCUT2D eigenvalue weighted by atomic mass is 35.5. The van der Waals surface area contributed by atoms with E-state index < -0.39 is 12.0 Å². The molecule has 0 bridgehead atoms. The predicted molar refractivity (Wildman–Crippen MR) is 272 cm³/mol. The monoisotopic (exact) mass is 994 g/mol. The predicted octanol–water partition coefficient (Wildman–Crippen LogP) is 10.2. The summed E-state index contributed by atoms with van der Waals surface area (Å²) in [5, 5.41) is 3.85. The minimum Gasteiger partial charge on any atom is -0.493 e. The van der Waals surface area contributed by atoms with Crippen molar-refractivity contribution in [3.8, 4) is 40.2 Å². The zero-order valence-corrected chi connectivity index (χ0v) is 41.6. The summed E-state index contributed by atoms with van der Waals surface area (Å²) < 4.78 is 39.2. The zero-order chi connectivity index (χ0) is 50.4. The van der Waals surface area contributed by atoms with E-state index in [1.165, 1.54) is 14.2 Å². The van der Waals surface area contributed by atoms with Crippen LogP contribution in [0.3, 0.4) is 0 Å². The molecule has 2 saturated heterocycles. The van der Waals surface area contributed by atoms with Gasteiger partial charge in [0.2, 0.25) is 11.8 Å². The van der Waals surface area contributed by atoms with Crippen molar-refractivity contribution in [2.24, 2.45) is 23.7 Å². The molecule has 0 unspecified atom stereocenters. The Labute approximate surface area is 424 Å². The second kappa shape index (κ2) is 24.6. The van der Waals surface area contributed by atoms with Crippen LogP contribution in [0.15, 0.2) is 142 Å². The second-order valence-corrected chi connectivity index (χ2v) is 18.3. The number of ether oxygens (including phenoxy) is 5. The number of oxazole rings is 2. The van der Waals surface area contributed by atoms with Gasteiger partial charge in [-0.1, -0.05) is 72.3 Å². The Kier molecular flexibility index (Phi) is 17.4. The van der Waals surface area contributed by atoms with Gasteiger partial charge in [0.15, 0.2) is 0 Å². The molecule has 0 spiro atoms. The lowest BCUT2D eigenvalue weighted by molar-refractivity contribution is -0.147. The van der Waals surface area contributed by atoms with E-state index in [2.05, 4.69) is 27.4 Å². The molecule has 2 fully saturated rings. The number of halogens is 1. The average Bonchev–Trinajstić information content (AvgIpc) is 4.22. The van der Waals surface area contributed by atoms with Crippen LogP contribution in [0.1, 0.15) is 34.0 Å². The molecule has 2 aromatic heterocycles. The highest BCUT2D eigenvalue weighted by Crippen LogP contribution is 2.31. The number of nitrogens with zero attached hydrogens (tertiary/aromatic N) is 3. The van der Waals surface area contributed by atoms with Gasteiger partial charge in [0.25, 0.3) is 0 Å². The Balaban J connectivity index is 0.000000200. The van der Waals surface area contributed by atoms with E-state index in [1.54, 1.807) is 29.2 Å². The van der Waals surface area contributed by atoms with Gasteiger partial charge in [-0.25, -0.2) is 14.8 Å². The average molecular weight is 996 g/mol. The largest absolute Gasteiger partial charge is 0.493 e. The quantitative estimate of drug-likeness (QED) is 0.0858. The molecule has 4 heterocycles. The third-order valence-electron chi connectivity index (χ3n) is 12.9. The first kappa shape index (κ1) is 51.0. The molecule has 14 nitrogen and oxygen atoms in total. The van der Waals surface area contributed by atoms with Crippen LogP contribution in [0.25, 0.3) is 22.9 Å². The number of aryl methyl sites for hydroxylation is 2. The first-order chi connectivity index (χ1) is 35.0. The number of carbonyl (C=O) groups excluding carboxylic acids is 3. The summed E-state index contributed by atoms with van der Waals surface area (Å²) in [5.41, 5.74) is 5.83. The smallest absolute Gasteiger partial charge is 0.415 e. The number of carbonyl (C=O) groups is 3. The van der Waals surface area contributed by atoms with Gasteiger partial charge in [-0.3, -0.25) is 9.59 Å². The van der Waals surface area contributed by atoms with E-state index in [0.29, 0.717) is 68.1 Å². The minimum absolute atomic E-state index is 0.0940. The molecule has 2 aliphatic rings. The molecule has 0 radical (unpaired) electrons. The molecular formula is C57H59ClN4O10. The number of benzene rings is 5. The summed E-state index contributed by atoms with van der Waals surface area (Å²) in [5.74, 6) is 3.82. The van der Waals surface area contributed by atoms with Crippen molar-refractivity contribution in [2.75, 3.05) is 53.6 Å². The van der Waals surface area contributed by atoms with Gasteiger partial charge in [0.1, 0.15) is 28.8 Å². The van der Waals surface area contributed by atoms with Crippen LogP contribution >= 0.6 is 11.6 Å². The first-order valence-corrected chi connectivity index (χ1v) is 24.5. The molecule has 374 valence electrons. The van der Waals surface area contributed by atoms with E-state index in [-0.39, 0.29) is 36.2 Å². The molecule has 4 atom stereocenters. The molecule has 9 rings (SSSR count). The fraction of sp³-hybridized carbons (Fsp3) is 0.316. The summed E-state index contributed by atoms with van der Waals surface area (Å²) in [6, 6.07) is 42.1. The minimum atomic E-state index is -0.514. The fourth-order valence-electron chi connectivity index (χ4n) is 9.08. The van der Waals surface area contributed by atoms with Crippen LogP contribution in [-0.4, -0.2) is 86.5 Å². The van der Waals surface area contributed by atoms with E-state index in [9.17, 15) is 14.4 Å². The van der Waals surface area contributed by atoms with Gasteiger partial charge in [0, 0.05) is 48.6 Å². The molecule has 7 aromatic rings. The lowest BCUT2D eigenvalue weighted by Crippen LogP contribution is -2.32. The molecule has 72 heavy (non-hydrogen) atoms. The number of likely N-dealkylation sites (tertiary alicyclic amines) is 1. The van der Waals surface area contributed by atoms with Crippen molar-refractivity contribution in [1.82, 2.24) is 20.2 Å². The van der Waals surface area contributed by atoms with Crippen LogP contribution < -0.4 is 19.5 Å². The fourth-order valence-corrected chi connectivity index (χ4v) is 9.20. The molecule has 1 N–H and O–H groups in total. The molecular weight excluding hydrogens is 936 g/mol. The number of methoxy groups -OCH3 is 2. The van der Waals surface area contributed by atoms with Gasteiger partial charge < -0.3 is 42.7 Å². The van der Waals surface area contributed by atoms with E-state index in [0.717, 1.165) is 69.6 Å². The van der Waals surface area contributed by atoms with Crippen molar-refractivity contribution in [1.29, 1.82) is 0 Å². The number of rotatable bonds is 17. The summed E-state index contributed by atoms with van der Waals surface area (Å²) >= 11 is 5.92. The molecule has 15 heteroatoms. The Morgan fingerprint density at radius 3 is 1.65 bits per heavy atom. The molecule has 2 aliphatic heterocycles. The highest BCUT2D eigenvalue weighted by molar-refractivity contribution is 6.30. The van der Waals surface area contributed by atoms with E-state index in [4.69, 9.17) is 44.1 Å². The lowest BCUT2D eigenvalue weighted by atomic mass is 9.89. The standard InChI is InChI=1S/C32H31ClN2O6.C25H28N2O4/c1-21-29(34-30(40-21)23-8-4-3-5-9-23)15-16-39-27-10-6-7-22(18-27)17-24-19-35(20-28(24)31(36)38-2)32(37)41-26-13-11-25(33)12-14-26;1-17-23(27-24(31-17)19-8-4-3-5-9-19)11-12-30-21-10-6-7-18(14-21)13-20-15-26-16-22(20)25(28)29-2/h3-14,18,24,28H,15-17,19-20H2,1-2H3;3-10,14,20,22,26H,11-13,15-16H2,1-2H3/t24-,28+;20-,22+/m10/s1. The normalized spacial score (nSPS) is 17.2. The summed E-state index contributed by atoms with van der Waals surface area (Å²) in [6.07, 6.45) is 2.14. The Morgan fingerprint density at radius 1 is 0.611 bits per heavy atom.